The molecule has 82 valence electrons. The minimum Gasteiger partial charge on any atom is -0.481 e. The van der Waals surface area contributed by atoms with Gasteiger partial charge >= 0.3 is 12.0 Å². The lowest BCUT2D eigenvalue weighted by atomic mass is 10.4. The lowest BCUT2D eigenvalue weighted by Gasteiger charge is -2.11. The molecule has 0 aliphatic carbocycles. The van der Waals surface area contributed by atoms with E-state index in [0.29, 0.717) is 19.6 Å². The van der Waals surface area contributed by atoms with E-state index in [1.54, 1.807) is 14.1 Å². The summed E-state index contributed by atoms with van der Waals surface area (Å²) in [5.41, 5.74) is 0. The molecule has 0 saturated heterocycles. The second-order valence-electron chi connectivity index (χ2n) is 3.02. The summed E-state index contributed by atoms with van der Waals surface area (Å²) in [6.07, 6.45) is 0.0988. The summed E-state index contributed by atoms with van der Waals surface area (Å²) >= 11 is 0. The van der Waals surface area contributed by atoms with Gasteiger partial charge in [0.1, 0.15) is 0 Å². The van der Waals surface area contributed by atoms with E-state index in [-0.39, 0.29) is 12.5 Å². The van der Waals surface area contributed by atoms with Crippen molar-refractivity contribution >= 4 is 12.0 Å². The Morgan fingerprint density at radius 2 is 1.86 bits per heavy atom. The average Bonchev–Trinajstić information content (AvgIpc) is 2.09. The van der Waals surface area contributed by atoms with Gasteiger partial charge in [0.05, 0.1) is 6.42 Å². The third kappa shape index (κ3) is 7.35. The Balaban J connectivity index is 3.22. The lowest BCUT2D eigenvalue weighted by Crippen LogP contribution is -2.38. The quantitative estimate of drug-likeness (QED) is 0.500. The first-order valence-electron chi connectivity index (χ1n) is 4.41. The molecule has 0 saturated carbocycles. The fraction of sp³-hybridized carbons (Fsp3) is 0.750. The van der Waals surface area contributed by atoms with Crippen LogP contribution >= 0.6 is 0 Å². The Bertz CT molecular complexity index is 194. The van der Waals surface area contributed by atoms with Gasteiger partial charge in [-0.2, -0.15) is 0 Å². The zero-order valence-corrected chi connectivity index (χ0v) is 8.54. The normalized spacial score (nSPS) is 9.57. The third-order valence-electron chi connectivity index (χ3n) is 1.50. The van der Waals surface area contributed by atoms with Crippen molar-refractivity contribution in [3.05, 3.63) is 0 Å². The highest BCUT2D eigenvalue weighted by Gasteiger charge is 2.00. The number of carbonyl (C=O) groups is 2. The monoisotopic (exact) mass is 203 g/mol. The summed E-state index contributed by atoms with van der Waals surface area (Å²) in [6.45, 7) is 1.50. The van der Waals surface area contributed by atoms with Crippen LogP contribution in [0, 0.1) is 0 Å². The summed E-state index contributed by atoms with van der Waals surface area (Å²) < 4.78 is 0. The number of hydrogen-bond acceptors (Lipinski definition) is 3. The maximum absolute atomic E-state index is 11.0. The van der Waals surface area contributed by atoms with Crippen molar-refractivity contribution in [2.75, 3.05) is 33.7 Å². The average molecular weight is 203 g/mol. The van der Waals surface area contributed by atoms with Crippen molar-refractivity contribution in [2.45, 2.75) is 6.42 Å². The van der Waals surface area contributed by atoms with Gasteiger partial charge in [-0.05, 0) is 0 Å². The molecule has 0 aliphatic rings. The molecule has 0 rings (SSSR count). The van der Waals surface area contributed by atoms with Crippen LogP contribution in [0.1, 0.15) is 6.42 Å². The number of nitrogens with zero attached hydrogens (tertiary/aromatic N) is 1. The molecule has 0 radical (unpaired) electrons. The Kier molecular flexibility index (Phi) is 6.47. The molecule has 0 aromatic carbocycles. The smallest absolute Gasteiger partial charge is 0.316 e. The molecule has 0 fully saturated rings. The first-order chi connectivity index (χ1) is 6.54. The molecular formula is C8H17N3O3. The molecule has 6 nitrogen and oxygen atoms in total. The van der Waals surface area contributed by atoms with Crippen LogP contribution < -0.4 is 10.6 Å². The van der Waals surface area contributed by atoms with Crippen LogP contribution in [0.4, 0.5) is 4.79 Å². The summed E-state index contributed by atoms with van der Waals surface area (Å²) in [6, 6.07) is -0.148. The number of nitrogens with one attached hydrogen (secondary N) is 2. The van der Waals surface area contributed by atoms with Crippen molar-refractivity contribution in [3.63, 3.8) is 0 Å². The first-order valence-corrected chi connectivity index (χ1v) is 4.41. The number of carboxylic acid groups (broad SMARTS) is 1. The molecule has 3 N–H and O–H groups in total. The summed E-state index contributed by atoms with van der Waals surface area (Å²) in [5.74, 6) is -0.824. The van der Waals surface area contributed by atoms with Crippen molar-refractivity contribution in [3.8, 4) is 0 Å². The zero-order valence-electron chi connectivity index (χ0n) is 8.54. The van der Waals surface area contributed by atoms with Crippen LogP contribution in [0.5, 0.6) is 0 Å². The molecule has 2 amide bonds. The third-order valence-corrected chi connectivity index (χ3v) is 1.50. The number of amides is 2. The minimum atomic E-state index is -0.824. The van der Waals surface area contributed by atoms with Crippen LogP contribution in [-0.4, -0.2) is 55.7 Å². The minimum absolute atomic E-state index is 0.0988. The molecule has 0 atom stereocenters. The molecule has 14 heavy (non-hydrogen) atoms. The van der Waals surface area contributed by atoms with Crippen LogP contribution in [-0.2, 0) is 4.79 Å². The number of rotatable bonds is 6. The molecular weight excluding hydrogens is 186 g/mol. The van der Waals surface area contributed by atoms with Gasteiger partial charge in [0.25, 0.3) is 0 Å². The fourth-order valence-electron chi connectivity index (χ4n) is 0.736. The maximum Gasteiger partial charge on any atom is 0.316 e. The molecule has 6 heteroatoms. The standard InChI is InChI=1S/C8H17N3O3/c1-11(2)8(14)10-6-5-9-4-3-7(12)13/h9H,3-6H2,1-2H3,(H,10,14)(H,12,13). The van der Waals surface area contributed by atoms with Gasteiger partial charge in [-0.3, -0.25) is 4.79 Å². The van der Waals surface area contributed by atoms with Gasteiger partial charge < -0.3 is 20.6 Å². The van der Waals surface area contributed by atoms with E-state index in [1.807, 2.05) is 0 Å². The van der Waals surface area contributed by atoms with Crippen LogP contribution in [0.25, 0.3) is 0 Å². The molecule has 0 aromatic heterocycles. The molecule has 0 spiro atoms. The van der Waals surface area contributed by atoms with E-state index in [1.165, 1.54) is 4.90 Å². The first kappa shape index (κ1) is 12.7. The lowest BCUT2D eigenvalue weighted by molar-refractivity contribution is -0.136. The van der Waals surface area contributed by atoms with Gasteiger partial charge in [0.15, 0.2) is 0 Å². The Labute approximate surface area is 83.3 Å². The van der Waals surface area contributed by atoms with Crippen LogP contribution in [0.3, 0.4) is 0 Å². The van der Waals surface area contributed by atoms with E-state index < -0.39 is 5.97 Å². The van der Waals surface area contributed by atoms with Gasteiger partial charge in [0.2, 0.25) is 0 Å². The zero-order chi connectivity index (χ0) is 11.0. The number of carbonyl (C=O) groups excluding carboxylic acids is 1. The molecule has 0 unspecified atom stereocenters. The molecule has 0 heterocycles. The van der Waals surface area contributed by atoms with Crippen molar-refractivity contribution in [1.29, 1.82) is 0 Å². The van der Waals surface area contributed by atoms with Crippen molar-refractivity contribution in [1.82, 2.24) is 15.5 Å². The topological polar surface area (TPSA) is 81.7 Å². The predicted molar refractivity (Wildman–Crippen MR) is 52.2 cm³/mol. The maximum atomic E-state index is 11.0. The van der Waals surface area contributed by atoms with Gasteiger partial charge in [0, 0.05) is 33.7 Å². The fourth-order valence-corrected chi connectivity index (χ4v) is 0.736. The number of urea groups is 1. The van der Waals surface area contributed by atoms with E-state index >= 15 is 0 Å². The Morgan fingerprint density at radius 3 is 2.36 bits per heavy atom. The van der Waals surface area contributed by atoms with Crippen molar-refractivity contribution < 1.29 is 14.7 Å². The second-order valence-corrected chi connectivity index (χ2v) is 3.02. The second kappa shape index (κ2) is 7.14. The predicted octanol–water partition coefficient (Wildman–Crippen LogP) is -0.678. The Hall–Kier alpha value is -1.30. The highest BCUT2D eigenvalue weighted by atomic mass is 16.4. The highest BCUT2D eigenvalue weighted by Crippen LogP contribution is 1.76. The van der Waals surface area contributed by atoms with E-state index in [4.69, 9.17) is 5.11 Å². The van der Waals surface area contributed by atoms with E-state index in [0.717, 1.165) is 0 Å². The number of carboxylic acids is 1. The largest absolute Gasteiger partial charge is 0.481 e. The Morgan fingerprint density at radius 1 is 1.21 bits per heavy atom. The summed E-state index contributed by atoms with van der Waals surface area (Å²) in [5, 5.41) is 13.9. The molecule has 0 aromatic rings. The summed E-state index contributed by atoms with van der Waals surface area (Å²) in [7, 11) is 3.32. The van der Waals surface area contributed by atoms with Crippen LogP contribution in [0.2, 0.25) is 0 Å². The SMILES string of the molecule is CN(C)C(=O)NCCNCCC(=O)O. The summed E-state index contributed by atoms with van der Waals surface area (Å²) in [4.78, 5) is 22.5. The number of hydrogen-bond donors (Lipinski definition) is 3. The van der Waals surface area contributed by atoms with Gasteiger partial charge in [-0.1, -0.05) is 0 Å². The molecule has 0 bridgehead atoms. The van der Waals surface area contributed by atoms with Gasteiger partial charge in [-0.25, -0.2) is 4.79 Å². The van der Waals surface area contributed by atoms with Crippen molar-refractivity contribution in [2.24, 2.45) is 0 Å². The van der Waals surface area contributed by atoms with Crippen LogP contribution in [0.15, 0.2) is 0 Å². The van der Waals surface area contributed by atoms with E-state index in [2.05, 4.69) is 10.6 Å². The molecule has 0 aliphatic heterocycles. The van der Waals surface area contributed by atoms with Gasteiger partial charge in [-0.15, -0.1) is 0 Å². The highest BCUT2D eigenvalue weighted by molar-refractivity contribution is 5.73. The van der Waals surface area contributed by atoms with E-state index in [9.17, 15) is 9.59 Å². The number of aliphatic carboxylic acids is 1.